The standard InChI is InChI=1S/C10H13BrN2/c1-13-5-4-12-7-8-2-3-9(11)6-10(8)13/h2-3,6,12H,4-5,7H2,1H3. The molecule has 1 aromatic carbocycles. The van der Waals surface area contributed by atoms with Crippen LogP contribution in [0.3, 0.4) is 0 Å². The zero-order valence-corrected chi connectivity index (χ0v) is 9.26. The molecule has 0 atom stereocenters. The highest BCUT2D eigenvalue weighted by atomic mass is 79.9. The average molecular weight is 241 g/mol. The first kappa shape index (κ1) is 9.03. The van der Waals surface area contributed by atoms with E-state index in [-0.39, 0.29) is 0 Å². The Labute approximate surface area is 87.1 Å². The van der Waals surface area contributed by atoms with Crippen LogP contribution in [-0.2, 0) is 6.54 Å². The maximum Gasteiger partial charge on any atom is 0.0421 e. The molecular formula is C10H13BrN2. The molecule has 0 fully saturated rings. The summed E-state index contributed by atoms with van der Waals surface area (Å²) < 4.78 is 1.15. The fraction of sp³-hybridized carbons (Fsp3) is 0.400. The van der Waals surface area contributed by atoms with Crippen molar-refractivity contribution in [2.75, 3.05) is 25.0 Å². The number of benzene rings is 1. The highest BCUT2D eigenvalue weighted by Crippen LogP contribution is 2.25. The van der Waals surface area contributed by atoms with Crippen molar-refractivity contribution in [3.05, 3.63) is 28.2 Å². The van der Waals surface area contributed by atoms with E-state index in [1.54, 1.807) is 0 Å². The lowest BCUT2D eigenvalue weighted by Crippen LogP contribution is -2.24. The van der Waals surface area contributed by atoms with Crippen molar-refractivity contribution < 1.29 is 0 Å². The third-order valence-electron chi connectivity index (χ3n) is 2.40. The molecule has 0 radical (unpaired) electrons. The molecule has 2 nitrogen and oxygen atoms in total. The van der Waals surface area contributed by atoms with Gasteiger partial charge in [-0.15, -0.1) is 0 Å². The third-order valence-corrected chi connectivity index (χ3v) is 2.89. The van der Waals surface area contributed by atoms with Gasteiger partial charge in [0, 0.05) is 36.8 Å². The molecule has 1 aliphatic heterocycles. The minimum absolute atomic E-state index is 0.979. The highest BCUT2D eigenvalue weighted by Gasteiger charge is 2.10. The van der Waals surface area contributed by atoms with Gasteiger partial charge in [-0.3, -0.25) is 0 Å². The van der Waals surface area contributed by atoms with Gasteiger partial charge in [-0.25, -0.2) is 0 Å². The Morgan fingerprint density at radius 1 is 1.46 bits per heavy atom. The second-order valence-corrected chi connectivity index (χ2v) is 4.29. The van der Waals surface area contributed by atoms with Crippen LogP contribution in [0.25, 0.3) is 0 Å². The van der Waals surface area contributed by atoms with Gasteiger partial charge in [0.2, 0.25) is 0 Å². The van der Waals surface area contributed by atoms with Crippen LogP contribution in [0, 0.1) is 0 Å². The second kappa shape index (κ2) is 3.68. The molecule has 70 valence electrons. The molecule has 13 heavy (non-hydrogen) atoms. The number of likely N-dealkylation sites (N-methyl/N-ethyl adjacent to an activating group) is 1. The Morgan fingerprint density at radius 2 is 2.31 bits per heavy atom. The fourth-order valence-corrected chi connectivity index (χ4v) is 1.98. The minimum Gasteiger partial charge on any atom is -0.373 e. The van der Waals surface area contributed by atoms with E-state index in [1.165, 1.54) is 11.3 Å². The van der Waals surface area contributed by atoms with Crippen molar-refractivity contribution in [1.82, 2.24) is 5.32 Å². The molecule has 0 saturated carbocycles. The normalized spacial score (nSPS) is 16.6. The first-order valence-electron chi connectivity index (χ1n) is 4.47. The second-order valence-electron chi connectivity index (χ2n) is 3.37. The Hall–Kier alpha value is -0.540. The van der Waals surface area contributed by atoms with Gasteiger partial charge in [0.25, 0.3) is 0 Å². The molecule has 0 bridgehead atoms. The third kappa shape index (κ3) is 1.86. The van der Waals surface area contributed by atoms with Crippen LogP contribution < -0.4 is 10.2 Å². The summed E-state index contributed by atoms with van der Waals surface area (Å²) in [6.45, 7) is 3.11. The van der Waals surface area contributed by atoms with Crippen LogP contribution in [0.5, 0.6) is 0 Å². The van der Waals surface area contributed by atoms with E-state index in [0.717, 1.165) is 24.1 Å². The molecule has 0 aliphatic carbocycles. The number of nitrogens with zero attached hydrogens (tertiary/aromatic N) is 1. The summed E-state index contributed by atoms with van der Waals surface area (Å²) in [7, 11) is 2.14. The minimum atomic E-state index is 0.979. The Balaban J connectivity index is 2.43. The van der Waals surface area contributed by atoms with Gasteiger partial charge in [-0.05, 0) is 17.7 Å². The summed E-state index contributed by atoms with van der Waals surface area (Å²) in [6, 6.07) is 6.45. The van der Waals surface area contributed by atoms with Crippen molar-refractivity contribution in [2.24, 2.45) is 0 Å². The van der Waals surface area contributed by atoms with Crippen molar-refractivity contribution in [1.29, 1.82) is 0 Å². The van der Waals surface area contributed by atoms with Gasteiger partial charge in [0.05, 0.1) is 0 Å². The lowest BCUT2D eigenvalue weighted by atomic mass is 10.1. The number of rotatable bonds is 0. The molecule has 0 aromatic heterocycles. The summed E-state index contributed by atoms with van der Waals surface area (Å²) in [4.78, 5) is 2.29. The van der Waals surface area contributed by atoms with Gasteiger partial charge >= 0.3 is 0 Å². The average Bonchev–Trinajstić information content (AvgIpc) is 2.29. The van der Waals surface area contributed by atoms with Crippen LogP contribution in [0.2, 0.25) is 0 Å². The van der Waals surface area contributed by atoms with Crippen LogP contribution in [0.1, 0.15) is 5.56 Å². The van der Waals surface area contributed by atoms with Crippen LogP contribution in [0.15, 0.2) is 22.7 Å². The maximum atomic E-state index is 3.50. The quantitative estimate of drug-likeness (QED) is 0.747. The SMILES string of the molecule is CN1CCNCc2ccc(Br)cc21. The van der Waals surface area contributed by atoms with E-state index in [1.807, 2.05) is 0 Å². The summed E-state index contributed by atoms with van der Waals surface area (Å²) in [5.74, 6) is 0. The smallest absolute Gasteiger partial charge is 0.0421 e. The van der Waals surface area contributed by atoms with Crippen molar-refractivity contribution in [3.8, 4) is 0 Å². The van der Waals surface area contributed by atoms with Gasteiger partial charge in [0.1, 0.15) is 0 Å². The Kier molecular flexibility index (Phi) is 2.56. The molecular weight excluding hydrogens is 228 g/mol. The summed E-state index contributed by atoms with van der Waals surface area (Å²) in [5.41, 5.74) is 2.71. The number of hydrogen-bond donors (Lipinski definition) is 1. The van der Waals surface area contributed by atoms with Crippen molar-refractivity contribution in [3.63, 3.8) is 0 Å². The van der Waals surface area contributed by atoms with E-state index in [4.69, 9.17) is 0 Å². The fourth-order valence-electron chi connectivity index (χ4n) is 1.63. The summed E-state index contributed by atoms with van der Waals surface area (Å²) in [5, 5.41) is 3.40. The first-order valence-corrected chi connectivity index (χ1v) is 5.27. The lowest BCUT2D eigenvalue weighted by molar-refractivity contribution is 0.707. The number of anilines is 1. The van der Waals surface area contributed by atoms with Gasteiger partial charge < -0.3 is 10.2 Å². The number of halogens is 1. The molecule has 1 aliphatic rings. The van der Waals surface area contributed by atoms with Crippen molar-refractivity contribution >= 4 is 21.6 Å². The summed E-state index contributed by atoms with van der Waals surface area (Å²) >= 11 is 3.50. The zero-order chi connectivity index (χ0) is 9.26. The first-order chi connectivity index (χ1) is 6.27. The number of nitrogens with one attached hydrogen (secondary N) is 1. The van der Waals surface area contributed by atoms with Crippen LogP contribution in [0.4, 0.5) is 5.69 Å². The number of hydrogen-bond acceptors (Lipinski definition) is 2. The van der Waals surface area contributed by atoms with E-state index < -0.39 is 0 Å². The van der Waals surface area contributed by atoms with Gasteiger partial charge in [-0.2, -0.15) is 0 Å². The van der Waals surface area contributed by atoms with Crippen LogP contribution >= 0.6 is 15.9 Å². The monoisotopic (exact) mass is 240 g/mol. The molecule has 1 N–H and O–H groups in total. The van der Waals surface area contributed by atoms with Gasteiger partial charge in [-0.1, -0.05) is 22.0 Å². The maximum absolute atomic E-state index is 3.50. The molecule has 1 aromatic rings. The molecule has 3 heteroatoms. The predicted molar refractivity (Wildman–Crippen MR) is 59.1 cm³/mol. The van der Waals surface area contributed by atoms with Crippen LogP contribution in [-0.4, -0.2) is 20.1 Å². The van der Waals surface area contributed by atoms with Crippen molar-refractivity contribution in [2.45, 2.75) is 6.54 Å². The number of fused-ring (bicyclic) bond motifs is 1. The predicted octanol–water partition coefficient (Wildman–Crippen LogP) is 1.99. The molecule has 0 spiro atoms. The molecule has 0 saturated heterocycles. The molecule has 1 heterocycles. The molecule has 0 unspecified atom stereocenters. The Morgan fingerprint density at radius 3 is 3.15 bits per heavy atom. The van der Waals surface area contributed by atoms with E-state index in [9.17, 15) is 0 Å². The van der Waals surface area contributed by atoms with E-state index in [2.05, 4.69) is 51.4 Å². The zero-order valence-electron chi connectivity index (χ0n) is 7.68. The van der Waals surface area contributed by atoms with E-state index >= 15 is 0 Å². The lowest BCUT2D eigenvalue weighted by Gasteiger charge is -2.18. The highest BCUT2D eigenvalue weighted by molar-refractivity contribution is 9.10. The molecule has 0 amide bonds. The van der Waals surface area contributed by atoms with E-state index in [0.29, 0.717) is 0 Å². The largest absolute Gasteiger partial charge is 0.373 e. The molecule has 2 rings (SSSR count). The topological polar surface area (TPSA) is 15.3 Å². The Bertz CT molecular complexity index is 312. The summed E-state index contributed by atoms with van der Waals surface area (Å²) in [6.07, 6.45) is 0. The van der Waals surface area contributed by atoms with Gasteiger partial charge in [0.15, 0.2) is 0 Å².